The summed E-state index contributed by atoms with van der Waals surface area (Å²) in [4.78, 5) is 2.70. The van der Waals surface area contributed by atoms with Gasteiger partial charge in [0.05, 0.1) is 0 Å². The van der Waals surface area contributed by atoms with Crippen LogP contribution in [-0.2, 0) is 6.42 Å². The van der Waals surface area contributed by atoms with E-state index in [1.165, 1.54) is 16.3 Å². The fourth-order valence-electron chi connectivity index (χ4n) is 1.84. The number of nitrogens with zero attached hydrogens (tertiary/aromatic N) is 3. The second kappa shape index (κ2) is 5.73. The molecule has 3 heteroatoms. The molecule has 0 atom stereocenters. The van der Waals surface area contributed by atoms with E-state index in [0.717, 1.165) is 6.42 Å². The van der Waals surface area contributed by atoms with Crippen molar-refractivity contribution >= 4 is 10.8 Å². The summed E-state index contributed by atoms with van der Waals surface area (Å²) in [7, 11) is 0. The highest BCUT2D eigenvalue weighted by Crippen LogP contribution is 2.18. The molecule has 0 bridgehead atoms. The Morgan fingerprint density at radius 1 is 1.06 bits per heavy atom. The van der Waals surface area contributed by atoms with Gasteiger partial charge in [0.25, 0.3) is 0 Å². The Balaban J connectivity index is 2.18. The molecule has 84 valence electrons. The highest BCUT2D eigenvalue weighted by molar-refractivity contribution is 5.85. The van der Waals surface area contributed by atoms with Gasteiger partial charge >= 0.3 is 0 Å². The molecule has 0 heterocycles. The number of rotatable bonds is 4. The van der Waals surface area contributed by atoms with Crippen molar-refractivity contribution in [2.45, 2.75) is 6.42 Å². The summed E-state index contributed by atoms with van der Waals surface area (Å²) in [6.45, 7) is 0.418. The molecule has 0 aliphatic carbocycles. The second-order valence-corrected chi connectivity index (χ2v) is 3.73. The van der Waals surface area contributed by atoms with Gasteiger partial charge in [-0.05, 0) is 28.3 Å². The Morgan fingerprint density at radius 3 is 2.76 bits per heavy atom. The van der Waals surface area contributed by atoms with Crippen molar-refractivity contribution in [2.24, 2.45) is 5.11 Å². The van der Waals surface area contributed by atoms with Crippen LogP contribution in [0.25, 0.3) is 21.2 Å². The van der Waals surface area contributed by atoms with E-state index in [0.29, 0.717) is 6.54 Å². The van der Waals surface area contributed by atoms with Crippen molar-refractivity contribution < 1.29 is 0 Å². The van der Waals surface area contributed by atoms with Gasteiger partial charge in [0.15, 0.2) is 0 Å². The number of benzene rings is 2. The van der Waals surface area contributed by atoms with Gasteiger partial charge in [0.1, 0.15) is 0 Å². The van der Waals surface area contributed by atoms with Crippen LogP contribution in [0.15, 0.2) is 59.7 Å². The molecule has 0 unspecified atom stereocenters. The smallest absolute Gasteiger partial charge is 0.0440 e. The monoisotopic (exact) mass is 223 g/mol. The lowest BCUT2D eigenvalue weighted by Crippen LogP contribution is -1.84. The summed E-state index contributed by atoms with van der Waals surface area (Å²) in [6, 6.07) is 14.6. The van der Waals surface area contributed by atoms with E-state index in [1.54, 1.807) is 0 Å². The molecule has 0 saturated heterocycles. The van der Waals surface area contributed by atoms with Crippen molar-refractivity contribution in [2.75, 3.05) is 6.54 Å². The molecule has 0 amide bonds. The number of allylic oxidation sites excluding steroid dienone is 1. The van der Waals surface area contributed by atoms with Gasteiger partial charge in [0.2, 0.25) is 0 Å². The lowest BCUT2D eigenvalue weighted by Gasteiger charge is -2.03. The highest BCUT2D eigenvalue weighted by Gasteiger charge is 1.97. The molecule has 17 heavy (non-hydrogen) atoms. The first kappa shape index (κ1) is 11.2. The Bertz CT molecular complexity index is 576. The minimum Gasteiger partial charge on any atom is -0.0899 e. The summed E-state index contributed by atoms with van der Waals surface area (Å²) >= 11 is 0. The Hall–Kier alpha value is -2.25. The fourth-order valence-corrected chi connectivity index (χ4v) is 1.84. The fraction of sp³-hybridized carbons (Fsp3) is 0.143. The molecule has 0 spiro atoms. The molecular formula is C14H13N3. The Labute approximate surface area is 100 Å². The van der Waals surface area contributed by atoms with Crippen molar-refractivity contribution in [3.05, 3.63) is 70.6 Å². The Morgan fingerprint density at radius 2 is 1.88 bits per heavy atom. The molecule has 3 nitrogen and oxygen atoms in total. The lowest BCUT2D eigenvalue weighted by molar-refractivity contribution is 1.18. The topological polar surface area (TPSA) is 48.8 Å². The van der Waals surface area contributed by atoms with Crippen LogP contribution in [0.3, 0.4) is 0 Å². The summed E-state index contributed by atoms with van der Waals surface area (Å²) in [5.74, 6) is 0. The standard InChI is InChI=1S/C14H13N3/c15-17-16-11-4-3-7-13-9-5-8-12-6-1-2-10-14(12)13/h1-6,8-10H,7,11H2/b4-3-. The first-order valence-corrected chi connectivity index (χ1v) is 5.54. The third-order valence-corrected chi connectivity index (χ3v) is 2.63. The maximum absolute atomic E-state index is 8.15. The largest absolute Gasteiger partial charge is 0.0899 e. The van der Waals surface area contributed by atoms with Crippen LogP contribution in [0.1, 0.15) is 5.56 Å². The van der Waals surface area contributed by atoms with Crippen molar-refractivity contribution in [1.29, 1.82) is 0 Å². The number of hydrogen-bond acceptors (Lipinski definition) is 1. The van der Waals surface area contributed by atoms with Crippen molar-refractivity contribution in [3.63, 3.8) is 0 Å². The number of hydrogen-bond donors (Lipinski definition) is 0. The van der Waals surface area contributed by atoms with Crippen LogP contribution in [0.2, 0.25) is 0 Å². The zero-order valence-corrected chi connectivity index (χ0v) is 9.45. The third kappa shape index (κ3) is 2.86. The molecular weight excluding hydrogens is 210 g/mol. The number of fused-ring (bicyclic) bond motifs is 1. The second-order valence-electron chi connectivity index (χ2n) is 3.73. The first-order chi connectivity index (χ1) is 8.42. The average Bonchev–Trinajstić information content (AvgIpc) is 2.39. The van der Waals surface area contributed by atoms with E-state index in [9.17, 15) is 0 Å². The molecule has 0 fully saturated rings. The minimum absolute atomic E-state index is 0.418. The van der Waals surface area contributed by atoms with Crippen LogP contribution < -0.4 is 0 Å². The average molecular weight is 223 g/mol. The molecule has 0 radical (unpaired) electrons. The number of azide groups is 1. The van der Waals surface area contributed by atoms with E-state index in [1.807, 2.05) is 18.2 Å². The summed E-state index contributed by atoms with van der Waals surface area (Å²) in [5.41, 5.74) is 9.44. The third-order valence-electron chi connectivity index (χ3n) is 2.63. The van der Waals surface area contributed by atoms with Crippen molar-refractivity contribution in [1.82, 2.24) is 0 Å². The predicted molar refractivity (Wildman–Crippen MR) is 70.8 cm³/mol. The summed E-state index contributed by atoms with van der Waals surface area (Å²) in [5, 5.41) is 6.00. The van der Waals surface area contributed by atoms with E-state index < -0.39 is 0 Å². The minimum atomic E-state index is 0.418. The Kier molecular flexibility index (Phi) is 3.79. The van der Waals surface area contributed by atoms with Crippen LogP contribution in [-0.4, -0.2) is 6.54 Å². The predicted octanol–water partition coefficient (Wildman–Crippen LogP) is 4.25. The van der Waals surface area contributed by atoms with E-state index in [2.05, 4.69) is 46.4 Å². The SMILES string of the molecule is [N-]=[N+]=NC/C=C\Cc1cccc2ccccc12. The van der Waals surface area contributed by atoms with Gasteiger partial charge in [-0.25, -0.2) is 0 Å². The van der Waals surface area contributed by atoms with Gasteiger partial charge in [-0.2, -0.15) is 0 Å². The summed E-state index contributed by atoms with van der Waals surface area (Å²) < 4.78 is 0. The van der Waals surface area contributed by atoms with E-state index in [-0.39, 0.29) is 0 Å². The van der Waals surface area contributed by atoms with Gasteiger partial charge < -0.3 is 0 Å². The normalized spacial score (nSPS) is 10.6. The quantitative estimate of drug-likeness (QED) is 0.322. The van der Waals surface area contributed by atoms with Gasteiger partial charge in [0, 0.05) is 11.5 Å². The van der Waals surface area contributed by atoms with E-state index >= 15 is 0 Å². The maximum Gasteiger partial charge on any atom is 0.0440 e. The molecule has 2 rings (SSSR count). The molecule has 2 aromatic carbocycles. The van der Waals surface area contributed by atoms with Crippen LogP contribution in [0.5, 0.6) is 0 Å². The molecule has 2 aromatic rings. The van der Waals surface area contributed by atoms with Gasteiger partial charge in [-0.15, -0.1) is 0 Å². The van der Waals surface area contributed by atoms with Crippen LogP contribution in [0.4, 0.5) is 0 Å². The van der Waals surface area contributed by atoms with E-state index in [4.69, 9.17) is 5.53 Å². The molecule has 0 aliphatic heterocycles. The molecule has 0 aromatic heterocycles. The summed E-state index contributed by atoms with van der Waals surface area (Å²) in [6.07, 6.45) is 4.79. The van der Waals surface area contributed by atoms with Gasteiger partial charge in [-0.3, -0.25) is 0 Å². The molecule has 0 saturated carbocycles. The zero-order valence-electron chi connectivity index (χ0n) is 9.45. The molecule has 0 N–H and O–H groups in total. The lowest BCUT2D eigenvalue weighted by atomic mass is 10.0. The van der Waals surface area contributed by atoms with Crippen LogP contribution in [0, 0.1) is 0 Å². The molecule has 0 aliphatic rings. The van der Waals surface area contributed by atoms with Gasteiger partial charge in [-0.1, -0.05) is 59.7 Å². The zero-order chi connectivity index (χ0) is 11.9. The van der Waals surface area contributed by atoms with Crippen LogP contribution >= 0.6 is 0 Å². The maximum atomic E-state index is 8.15. The van der Waals surface area contributed by atoms with Crippen molar-refractivity contribution in [3.8, 4) is 0 Å². The highest BCUT2D eigenvalue weighted by atomic mass is 15.1. The first-order valence-electron chi connectivity index (χ1n) is 5.54.